The Balaban J connectivity index is 1.80. The summed E-state index contributed by atoms with van der Waals surface area (Å²) in [6, 6.07) is 15.6. The Bertz CT molecular complexity index is 789. The standard InChI is InChI=1S/C20H14Cl2S/c21-19-5-1-3-15(11-19)7-9-17-13-23-14-18(17)10-8-16-4-2-6-20(22)12-16/h1-14H/b9-7+,10-8+. The zero-order chi connectivity index (χ0) is 16.1. The third-order valence-electron chi connectivity index (χ3n) is 3.33. The van der Waals surface area contributed by atoms with Gasteiger partial charge in [0.2, 0.25) is 0 Å². The summed E-state index contributed by atoms with van der Waals surface area (Å²) >= 11 is 13.7. The van der Waals surface area contributed by atoms with Crippen LogP contribution in [0.4, 0.5) is 0 Å². The molecule has 3 rings (SSSR count). The molecule has 0 atom stereocenters. The highest BCUT2D eigenvalue weighted by Crippen LogP contribution is 2.22. The average molecular weight is 357 g/mol. The lowest BCUT2D eigenvalue weighted by Crippen LogP contribution is -1.75. The fourth-order valence-corrected chi connectivity index (χ4v) is 3.37. The van der Waals surface area contributed by atoms with Gasteiger partial charge in [0.1, 0.15) is 0 Å². The maximum atomic E-state index is 6.01. The smallest absolute Gasteiger partial charge is 0.0411 e. The molecule has 114 valence electrons. The molecule has 0 N–H and O–H groups in total. The number of halogens is 2. The van der Waals surface area contributed by atoms with Crippen molar-refractivity contribution in [3.8, 4) is 0 Å². The minimum Gasteiger partial charge on any atom is -0.151 e. The topological polar surface area (TPSA) is 0 Å². The SMILES string of the molecule is Clc1cccc(/C=C/c2cscc2/C=C/c2cccc(Cl)c2)c1. The van der Waals surface area contributed by atoms with E-state index in [1.54, 1.807) is 11.3 Å². The van der Waals surface area contributed by atoms with Gasteiger partial charge >= 0.3 is 0 Å². The quantitative estimate of drug-likeness (QED) is 0.456. The molecule has 0 unspecified atom stereocenters. The van der Waals surface area contributed by atoms with Crippen LogP contribution in [0.5, 0.6) is 0 Å². The van der Waals surface area contributed by atoms with E-state index in [0.717, 1.165) is 21.2 Å². The van der Waals surface area contributed by atoms with Crippen molar-refractivity contribution < 1.29 is 0 Å². The summed E-state index contributed by atoms with van der Waals surface area (Å²) in [5.74, 6) is 0. The number of thiophene rings is 1. The summed E-state index contributed by atoms with van der Waals surface area (Å²) < 4.78 is 0. The van der Waals surface area contributed by atoms with Crippen molar-refractivity contribution in [3.05, 3.63) is 91.6 Å². The molecule has 0 saturated heterocycles. The zero-order valence-electron chi connectivity index (χ0n) is 12.2. The molecule has 1 heterocycles. The van der Waals surface area contributed by atoms with E-state index in [9.17, 15) is 0 Å². The minimum atomic E-state index is 0.749. The largest absolute Gasteiger partial charge is 0.151 e. The molecular formula is C20H14Cl2S. The molecule has 0 fully saturated rings. The van der Waals surface area contributed by atoms with E-state index < -0.39 is 0 Å². The fraction of sp³-hybridized carbons (Fsp3) is 0. The molecule has 23 heavy (non-hydrogen) atoms. The maximum Gasteiger partial charge on any atom is 0.0411 e. The van der Waals surface area contributed by atoms with Gasteiger partial charge in [-0.15, -0.1) is 0 Å². The van der Waals surface area contributed by atoms with Crippen LogP contribution in [-0.4, -0.2) is 0 Å². The summed E-state index contributed by atoms with van der Waals surface area (Å²) in [6.07, 6.45) is 8.37. The van der Waals surface area contributed by atoms with Gasteiger partial charge < -0.3 is 0 Å². The predicted molar refractivity (Wildman–Crippen MR) is 105 cm³/mol. The minimum absolute atomic E-state index is 0.749. The molecule has 0 radical (unpaired) electrons. The second-order valence-corrected chi connectivity index (χ2v) is 6.68. The third kappa shape index (κ3) is 4.59. The van der Waals surface area contributed by atoms with Gasteiger partial charge in [-0.1, -0.05) is 71.8 Å². The predicted octanol–water partition coefficient (Wildman–Crippen LogP) is 7.40. The van der Waals surface area contributed by atoms with Crippen molar-refractivity contribution in [2.45, 2.75) is 0 Å². The first-order valence-electron chi connectivity index (χ1n) is 7.14. The van der Waals surface area contributed by atoms with Crippen molar-refractivity contribution in [1.29, 1.82) is 0 Å². The summed E-state index contributed by atoms with van der Waals surface area (Å²) in [5, 5.41) is 5.77. The van der Waals surface area contributed by atoms with Crippen LogP contribution in [-0.2, 0) is 0 Å². The van der Waals surface area contributed by atoms with Crippen molar-refractivity contribution >= 4 is 58.8 Å². The van der Waals surface area contributed by atoms with E-state index in [4.69, 9.17) is 23.2 Å². The van der Waals surface area contributed by atoms with Crippen molar-refractivity contribution in [2.75, 3.05) is 0 Å². The highest BCUT2D eigenvalue weighted by atomic mass is 35.5. The number of benzene rings is 2. The summed E-state index contributed by atoms with van der Waals surface area (Å²) in [7, 11) is 0. The van der Waals surface area contributed by atoms with Gasteiger partial charge in [-0.3, -0.25) is 0 Å². The normalized spacial score (nSPS) is 11.6. The van der Waals surface area contributed by atoms with Crippen LogP contribution < -0.4 is 0 Å². The van der Waals surface area contributed by atoms with Crippen molar-refractivity contribution in [3.63, 3.8) is 0 Å². The molecule has 2 aromatic carbocycles. The monoisotopic (exact) mass is 356 g/mol. The maximum absolute atomic E-state index is 6.01. The van der Waals surface area contributed by atoms with Crippen LogP contribution in [0.1, 0.15) is 22.3 Å². The number of hydrogen-bond donors (Lipinski definition) is 0. The second-order valence-electron chi connectivity index (χ2n) is 5.06. The Morgan fingerprint density at radius 2 is 1.13 bits per heavy atom. The molecular weight excluding hydrogens is 343 g/mol. The molecule has 3 heteroatoms. The molecule has 0 bridgehead atoms. The van der Waals surface area contributed by atoms with Gasteiger partial charge in [0.15, 0.2) is 0 Å². The van der Waals surface area contributed by atoms with Crippen molar-refractivity contribution in [1.82, 2.24) is 0 Å². The van der Waals surface area contributed by atoms with E-state index >= 15 is 0 Å². The Morgan fingerprint density at radius 1 is 0.652 bits per heavy atom. The molecule has 0 aliphatic rings. The second kappa shape index (κ2) is 7.65. The van der Waals surface area contributed by atoms with Crippen molar-refractivity contribution in [2.24, 2.45) is 0 Å². The van der Waals surface area contributed by atoms with Gasteiger partial charge in [0, 0.05) is 10.0 Å². The zero-order valence-corrected chi connectivity index (χ0v) is 14.6. The van der Waals surface area contributed by atoms with Gasteiger partial charge in [-0.2, -0.15) is 11.3 Å². The molecule has 0 aliphatic heterocycles. The Labute approximate surface area is 150 Å². The summed E-state index contributed by atoms with van der Waals surface area (Å²) in [5.41, 5.74) is 4.56. The lowest BCUT2D eigenvalue weighted by Gasteiger charge is -1.97. The first-order valence-corrected chi connectivity index (χ1v) is 8.84. The Morgan fingerprint density at radius 3 is 1.57 bits per heavy atom. The van der Waals surface area contributed by atoms with E-state index in [2.05, 4.69) is 35.1 Å². The lowest BCUT2D eigenvalue weighted by atomic mass is 10.1. The first kappa shape index (κ1) is 16.1. The number of rotatable bonds is 4. The summed E-state index contributed by atoms with van der Waals surface area (Å²) in [6.45, 7) is 0. The van der Waals surface area contributed by atoms with Crippen LogP contribution in [0.25, 0.3) is 24.3 Å². The van der Waals surface area contributed by atoms with Crippen LogP contribution in [0.2, 0.25) is 10.0 Å². The van der Waals surface area contributed by atoms with Crippen LogP contribution in [0.3, 0.4) is 0 Å². The van der Waals surface area contributed by atoms with Gasteiger partial charge in [-0.25, -0.2) is 0 Å². The molecule has 1 aromatic heterocycles. The highest BCUT2D eigenvalue weighted by Gasteiger charge is 1.98. The van der Waals surface area contributed by atoms with E-state index in [1.165, 1.54) is 11.1 Å². The molecule has 0 spiro atoms. The Kier molecular flexibility index (Phi) is 5.35. The molecule has 0 nitrogen and oxygen atoms in total. The fourth-order valence-electron chi connectivity index (χ4n) is 2.18. The van der Waals surface area contributed by atoms with Crippen LogP contribution >= 0.6 is 34.5 Å². The lowest BCUT2D eigenvalue weighted by molar-refractivity contribution is 1.66. The van der Waals surface area contributed by atoms with E-state index in [0.29, 0.717) is 0 Å². The molecule has 0 aliphatic carbocycles. The highest BCUT2D eigenvalue weighted by molar-refractivity contribution is 7.08. The Hall–Kier alpha value is -1.80. The van der Waals surface area contributed by atoms with Crippen LogP contribution in [0, 0.1) is 0 Å². The van der Waals surface area contributed by atoms with Crippen LogP contribution in [0.15, 0.2) is 59.3 Å². The number of hydrogen-bond acceptors (Lipinski definition) is 1. The van der Waals surface area contributed by atoms with E-state index in [-0.39, 0.29) is 0 Å². The van der Waals surface area contributed by atoms with Gasteiger partial charge in [0.05, 0.1) is 0 Å². The summed E-state index contributed by atoms with van der Waals surface area (Å²) in [4.78, 5) is 0. The third-order valence-corrected chi connectivity index (χ3v) is 4.58. The molecule has 0 amide bonds. The van der Waals surface area contributed by atoms with Gasteiger partial charge in [0.25, 0.3) is 0 Å². The molecule has 0 saturated carbocycles. The average Bonchev–Trinajstić information content (AvgIpc) is 2.99. The first-order chi connectivity index (χ1) is 11.2. The van der Waals surface area contributed by atoms with Gasteiger partial charge in [-0.05, 0) is 57.3 Å². The van der Waals surface area contributed by atoms with E-state index in [1.807, 2.05) is 48.5 Å². The molecule has 3 aromatic rings.